The van der Waals surface area contributed by atoms with Crippen LogP contribution in [0, 0.1) is 20.8 Å². The summed E-state index contributed by atoms with van der Waals surface area (Å²) in [5.74, 6) is 0. The molecule has 1 rings (SSSR count). The first-order valence-corrected chi connectivity index (χ1v) is 9.63. The minimum Gasteiger partial charge on any atom is -0.398 e. The summed E-state index contributed by atoms with van der Waals surface area (Å²) in [6.07, 6.45) is 1.01. The fraction of sp³-hybridized carbons (Fsp3) is 0.500. The third kappa shape index (κ3) is 4.67. The van der Waals surface area contributed by atoms with Gasteiger partial charge in [-0.1, -0.05) is 0 Å². The largest absolute Gasteiger partial charge is 0.398 e. The quantitative estimate of drug-likeness (QED) is 0.500. The van der Waals surface area contributed by atoms with Gasteiger partial charge < -0.3 is 5.73 Å². The van der Waals surface area contributed by atoms with Gasteiger partial charge in [-0.2, -0.15) is 0 Å². The van der Waals surface area contributed by atoms with Gasteiger partial charge in [-0.25, -0.2) is 26.3 Å². The Bertz CT molecular complexity index is 714. The van der Waals surface area contributed by atoms with Crippen LogP contribution < -0.4 is 15.2 Å². The standard InChI is InChI=1S/C12H21N3O4S2/c1-8-7-11(13)10(3)12(9(8)2)21(18,19)15-6-5-14-20(4,16)17/h7,14-15H,5-6,13H2,1-4H3. The van der Waals surface area contributed by atoms with Crippen LogP contribution in [-0.4, -0.2) is 36.2 Å². The van der Waals surface area contributed by atoms with Crippen LogP contribution in [-0.2, 0) is 20.0 Å². The second-order valence-electron chi connectivity index (χ2n) is 4.93. The van der Waals surface area contributed by atoms with Crippen molar-refractivity contribution >= 4 is 25.7 Å². The van der Waals surface area contributed by atoms with Gasteiger partial charge in [-0.15, -0.1) is 0 Å². The predicted octanol–water partition coefficient (Wildman–Crippen LogP) is 0.0216. The van der Waals surface area contributed by atoms with Gasteiger partial charge >= 0.3 is 0 Å². The molecule has 0 amide bonds. The molecule has 9 heteroatoms. The van der Waals surface area contributed by atoms with Crippen LogP contribution in [0.3, 0.4) is 0 Å². The van der Waals surface area contributed by atoms with Gasteiger partial charge in [0.15, 0.2) is 0 Å². The molecule has 7 nitrogen and oxygen atoms in total. The number of aryl methyl sites for hydroxylation is 1. The molecule has 0 saturated heterocycles. The molecular weight excluding hydrogens is 314 g/mol. The van der Waals surface area contributed by atoms with Crippen molar-refractivity contribution in [1.29, 1.82) is 0 Å². The van der Waals surface area contributed by atoms with Crippen LogP contribution in [0.25, 0.3) is 0 Å². The van der Waals surface area contributed by atoms with Gasteiger partial charge in [0, 0.05) is 18.8 Å². The molecule has 0 aliphatic rings. The number of rotatable bonds is 6. The zero-order chi connectivity index (χ0) is 16.4. The van der Waals surface area contributed by atoms with E-state index in [1.807, 2.05) is 0 Å². The van der Waals surface area contributed by atoms with E-state index in [4.69, 9.17) is 5.73 Å². The summed E-state index contributed by atoms with van der Waals surface area (Å²) < 4.78 is 51.1. The summed E-state index contributed by atoms with van der Waals surface area (Å²) >= 11 is 0. The zero-order valence-electron chi connectivity index (χ0n) is 12.5. The van der Waals surface area contributed by atoms with Crippen molar-refractivity contribution in [3.05, 3.63) is 22.8 Å². The summed E-state index contributed by atoms with van der Waals surface area (Å²) in [5, 5.41) is 0. The fourth-order valence-corrected chi connectivity index (χ4v) is 4.01. The van der Waals surface area contributed by atoms with E-state index in [9.17, 15) is 16.8 Å². The van der Waals surface area contributed by atoms with Crippen molar-refractivity contribution in [2.75, 3.05) is 25.1 Å². The van der Waals surface area contributed by atoms with Crippen LogP contribution in [0.4, 0.5) is 5.69 Å². The molecule has 0 aliphatic carbocycles. The van der Waals surface area contributed by atoms with E-state index in [1.54, 1.807) is 26.8 Å². The molecule has 0 unspecified atom stereocenters. The molecular formula is C12H21N3O4S2. The highest BCUT2D eigenvalue weighted by atomic mass is 32.2. The van der Waals surface area contributed by atoms with Crippen LogP contribution >= 0.6 is 0 Å². The number of nitrogens with one attached hydrogen (secondary N) is 2. The molecule has 0 spiro atoms. The monoisotopic (exact) mass is 335 g/mol. The van der Waals surface area contributed by atoms with Gasteiger partial charge in [0.25, 0.3) is 0 Å². The molecule has 0 aliphatic heterocycles. The Morgan fingerprint density at radius 1 is 1.00 bits per heavy atom. The van der Waals surface area contributed by atoms with Crippen molar-refractivity contribution in [2.24, 2.45) is 0 Å². The Labute approximate surface area is 126 Å². The number of anilines is 1. The second kappa shape index (κ2) is 6.30. The van der Waals surface area contributed by atoms with E-state index in [1.165, 1.54) is 0 Å². The molecule has 1 aromatic rings. The third-order valence-corrected chi connectivity index (χ3v) is 5.59. The van der Waals surface area contributed by atoms with Crippen LogP contribution in [0.5, 0.6) is 0 Å². The van der Waals surface area contributed by atoms with Crippen molar-refractivity contribution in [3.8, 4) is 0 Å². The van der Waals surface area contributed by atoms with Gasteiger partial charge in [0.1, 0.15) is 0 Å². The van der Waals surface area contributed by atoms with Gasteiger partial charge in [-0.3, -0.25) is 0 Å². The van der Waals surface area contributed by atoms with Crippen molar-refractivity contribution in [3.63, 3.8) is 0 Å². The average Bonchev–Trinajstić information content (AvgIpc) is 2.31. The van der Waals surface area contributed by atoms with Crippen molar-refractivity contribution < 1.29 is 16.8 Å². The molecule has 0 bridgehead atoms. The van der Waals surface area contributed by atoms with Crippen molar-refractivity contribution in [2.45, 2.75) is 25.7 Å². The number of nitrogen functional groups attached to an aromatic ring is 1. The highest BCUT2D eigenvalue weighted by Gasteiger charge is 2.21. The smallest absolute Gasteiger partial charge is 0.241 e. The summed E-state index contributed by atoms with van der Waals surface area (Å²) in [6, 6.07) is 1.73. The highest BCUT2D eigenvalue weighted by molar-refractivity contribution is 7.89. The van der Waals surface area contributed by atoms with Gasteiger partial charge in [0.2, 0.25) is 20.0 Å². The molecule has 0 atom stereocenters. The lowest BCUT2D eigenvalue weighted by atomic mass is 10.1. The molecule has 0 aromatic heterocycles. The van der Waals surface area contributed by atoms with E-state index in [2.05, 4.69) is 9.44 Å². The number of hydrogen-bond donors (Lipinski definition) is 3. The maximum atomic E-state index is 12.4. The molecule has 0 fully saturated rings. The van der Waals surface area contributed by atoms with Crippen molar-refractivity contribution in [1.82, 2.24) is 9.44 Å². The Kier molecular flexibility index (Phi) is 5.37. The van der Waals surface area contributed by atoms with Crippen LogP contribution in [0.2, 0.25) is 0 Å². The minimum atomic E-state index is -3.75. The Morgan fingerprint density at radius 3 is 2.05 bits per heavy atom. The van der Waals surface area contributed by atoms with Crippen LogP contribution in [0.15, 0.2) is 11.0 Å². The number of hydrogen-bond acceptors (Lipinski definition) is 5. The Morgan fingerprint density at radius 2 is 1.52 bits per heavy atom. The Balaban J connectivity index is 2.99. The normalized spacial score (nSPS) is 12.6. The van der Waals surface area contributed by atoms with E-state index in [0.29, 0.717) is 16.8 Å². The summed E-state index contributed by atoms with van der Waals surface area (Å²) in [5.41, 5.74) is 8.13. The number of sulfonamides is 2. The van der Waals surface area contributed by atoms with Crippen LogP contribution in [0.1, 0.15) is 16.7 Å². The maximum absolute atomic E-state index is 12.4. The lowest BCUT2D eigenvalue weighted by molar-refractivity contribution is 0.572. The summed E-state index contributed by atoms with van der Waals surface area (Å²) in [6.45, 7) is 5.09. The van der Waals surface area contributed by atoms with Gasteiger partial charge in [-0.05, 0) is 43.5 Å². The maximum Gasteiger partial charge on any atom is 0.241 e. The average molecular weight is 335 g/mol. The first kappa shape index (κ1) is 17.9. The minimum absolute atomic E-state index is 0.0164. The number of nitrogens with two attached hydrogens (primary N) is 1. The molecule has 1 aromatic carbocycles. The summed E-state index contributed by atoms with van der Waals surface area (Å²) in [4.78, 5) is 0.152. The molecule has 120 valence electrons. The molecule has 0 saturated carbocycles. The Hall–Kier alpha value is -1.16. The molecule has 4 N–H and O–H groups in total. The highest BCUT2D eigenvalue weighted by Crippen LogP contribution is 2.27. The van der Waals surface area contributed by atoms with Gasteiger partial charge in [0.05, 0.1) is 11.2 Å². The van der Waals surface area contributed by atoms with E-state index in [-0.39, 0.29) is 18.0 Å². The SMILES string of the molecule is Cc1cc(N)c(C)c(S(=O)(=O)NCCNS(C)(=O)=O)c1C. The van der Waals surface area contributed by atoms with E-state index >= 15 is 0 Å². The molecule has 0 heterocycles. The first-order chi connectivity index (χ1) is 9.46. The molecule has 0 radical (unpaired) electrons. The lowest BCUT2D eigenvalue weighted by Gasteiger charge is -2.16. The zero-order valence-corrected chi connectivity index (χ0v) is 14.2. The predicted molar refractivity (Wildman–Crippen MR) is 83.1 cm³/mol. The first-order valence-electron chi connectivity index (χ1n) is 6.26. The lowest BCUT2D eigenvalue weighted by Crippen LogP contribution is -2.34. The topological polar surface area (TPSA) is 118 Å². The fourth-order valence-electron chi connectivity index (χ4n) is 1.94. The number of benzene rings is 1. The van der Waals surface area contributed by atoms with E-state index in [0.717, 1.165) is 11.8 Å². The van der Waals surface area contributed by atoms with E-state index < -0.39 is 20.0 Å². The third-order valence-electron chi connectivity index (χ3n) is 3.13. The molecule has 21 heavy (non-hydrogen) atoms. The summed E-state index contributed by atoms with van der Waals surface area (Å²) in [7, 11) is -7.09. The second-order valence-corrected chi connectivity index (χ2v) is 8.46.